The van der Waals surface area contributed by atoms with Gasteiger partial charge in [0.15, 0.2) is 0 Å². The van der Waals surface area contributed by atoms with Gasteiger partial charge in [-0.2, -0.15) is 0 Å². The lowest BCUT2D eigenvalue weighted by molar-refractivity contribution is 0.516. The molecule has 0 spiro atoms. The monoisotopic (exact) mass is 222 g/mol. The third-order valence-corrected chi connectivity index (χ3v) is 3.07. The number of rotatable bonds is 8. The lowest BCUT2D eigenvalue weighted by Crippen LogP contribution is -2.20. The van der Waals surface area contributed by atoms with Crippen LogP contribution in [0.2, 0.25) is 0 Å². The summed E-state index contributed by atoms with van der Waals surface area (Å²) in [5, 5.41) is 3.47. The fourth-order valence-corrected chi connectivity index (χ4v) is 2.14. The first-order chi connectivity index (χ1) is 7.79. The van der Waals surface area contributed by atoms with Crippen LogP contribution in [-0.2, 0) is 6.54 Å². The lowest BCUT2D eigenvalue weighted by Gasteiger charge is -2.16. The highest BCUT2D eigenvalue weighted by molar-refractivity contribution is 5.11. The molecule has 1 unspecified atom stereocenters. The molecular weight excluding hydrogens is 196 g/mol. The third kappa shape index (κ3) is 4.01. The van der Waals surface area contributed by atoms with Crippen LogP contribution in [0.1, 0.15) is 58.2 Å². The molecule has 0 fully saturated rings. The number of nitrogens with zero attached hydrogens (tertiary/aromatic N) is 1. The zero-order valence-electron chi connectivity index (χ0n) is 11.0. The summed E-state index contributed by atoms with van der Waals surface area (Å²) in [4.78, 5) is 0. The van der Waals surface area contributed by atoms with Crippen molar-refractivity contribution in [3.05, 3.63) is 24.0 Å². The Labute approximate surface area is 100 Å². The first-order valence-electron chi connectivity index (χ1n) is 6.68. The SMILES string of the molecule is CCCCCCn1cccc1C(C)NCC. The van der Waals surface area contributed by atoms with Crippen molar-refractivity contribution < 1.29 is 0 Å². The van der Waals surface area contributed by atoms with E-state index in [-0.39, 0.29) is 0 Å². The van der Waals surface area contributed by atoms with Crippen LogP contribution in [0.5, 0.6) is 0 Å². The van der Waals surface area contributed by atoms with Crippen molar-refractivity contribution in [1.82, 2.24) is 9.88 Å². The summed E-state index contributed by atoms with van der Waals surface area (Å²) in [5.74, 6) is 0. The van der Waals surface area contributed by atoms with E-state index < -0.39 is 0 Å². The number of hydrogen-bond acceptors (Lipinski definition) is 1. The van der Waals surface area contributed by atoms with Gasteiger partial charge in [-0.15, -0.1) is 0 Å². The minimum Gasteiger partial charge on any atom is -0.350 e. The maximum atomic E-state index is 3.47. The van der Waals surface area contributed by atoms with Gasteiger partial charge in [0.05, 0.1) is 0 Å². The molecule has 2 nitrogen and oxygen atoms in total. The van der Waals surface area contributed by atoms with E-state index in [4.69, 9.17) is 0 Å². The van der Waals surface area contributed by atoms with Crippen LogP contribution in [0.4, 0.5) is 0 Å². The highest BCUT2D eigenvalue weighted by Gasteiger charge is 2.07. The minimum atomic E-state index is 0.464. The Morgan fingerprint density at radius 1 is 1.25 bits per heavy atom. The molecule has 0 aliphatic rings. The Bertz CT molecular complexity index is 278. The molecular formula is C14H26N2. The number of hydrogen-bond donors (Lipinski definition) is 1. The Balaban J connectivity index is 2.43. The molecule has 1 rings (SSSR count). The summed E-state index contributed by atoms with van der Waals surface area (Å²) in [5.41, 5.74) is 1.42. The second-order valence-electron chi connectivity index (χ2n) is 4.47. The second kappa shape index (κ2) is 7.50. The van der Waals surface area contributed by atoms with Crippen LogP contribution in [0.15, 0.2) is 18.3 Å². The van der Waals surface area contributed by atoms with Gasteiger partial charge < -0.3 is 9.88 Å². The predicted molar refractivity (Wildman–Crippen MR) is 70.7 cm³/mol. The molecule has 0 saturated carbocycles. The Morgan fingerprint density at radius 2 is 2.06 bits per heavy atom. The van der Waals surface area contributed by atoms with Crippen LogP contribution in [0.25, 0.3) is 0 Å². The van der Waals surface area contributed by atoms with Crippen LogP contribution in [-0.4, -0.2) is 11.1 Å². The smallest absolute Gasteiger partial charge is 0.0446 e. The predicted octanol–water partition coefficient (Wildman–Crippen LogP) is 3.74. The molecule has 0 aliphatic carbocycles. The van der Waals surface area contributed by atoms with Crippen LogP contribution in [0, 0.1) is 0 Å². The first-order valence-corrected chi connectivity index (χ1v) is 6.68. The van der Waals surface area contributed by atoms with Gasteiger partial charge in [0.2, 0.25) is 0 Å². The largest absolute Gasteiger partial charge is 0.350 e. The molecule has 1 aromatic rings. The van der Waals surface area contributed by atoms with E-state index in [0.717, 1.165) is 13.1 Å². The Hall–Kier alpha value is -0.760. The van der Waals surface area contributed by atoms with E-state index in [1.807, 2.05) is 0 Å². The highest BCUT2D eigenvalue weighted by Crippen LogP contribution is 2.14. The molecule has 1 aromatic heterocycles. The molecule has 0 aliphatic heterocycles. The number of unbranched alkanes of at least 4 members (excludes halogenated alkanes) is 3. The molecule has 0 radical (unpaired) electrons. The molecule has 0 amide bonds. The fourth-order valence-electron chi connectivity index (χ4n) is 2.14. The Kier molecular flexibility index (Phi) is 6.24. The third-order valence-electron chi connectivity index (χ3n) is 3.07. The normalized spacial score (nSPS) is 12.9. The summed E-state index contributed by atoms with van der Waals surface area (Å²) in [6.45, 7) is 8.85. The lowest BCUT2D eigenvalue weighted by atomic mass is 10.2. The van der Waals surface area contributed by atoms with E-state index in [1.165, 1.54) is 31.4 Å². The van der Waals surface area contributed by atoms with Gasteiger partial charge in [-0.05, 0) is 32.0 Å². The van der Waals surface area contributed by atoms with Gasteiger partial charge in [0, 0.05) is 24.5 Å². The summed E-state index contributed by atoms with van der Waals surface area (Å²) in [6, 6.07) is 4.85. The summed E-state index contributed by atoms with van der Waals surface area (Å²) in [6.07, 6.45) is 7.53. The molecule has 1 N–H and O–H groups in total. The molecule has 1 atom stereocenters. The average Bonchev–Trinajstić information content (AvgIpc) is 2.73. The Morgan fingerprint density at radius 3 is 2.75 bits per heavy atom. The standard InChI is InChI=1S/C14H26N2/c1-4-6-7-8-11-16-12-9-10-14(16)13(3)15-5-2/h9-10,12-13,15H,4-8,11H2,1-3H3. The van der Waals surface area contributed by atoms with Gasteiger partial charge in [-0.3, -0.25) is 0 Å². The van der Waals surface area contributed by atoms with Crippen molar-refractivity contribution in [3.8, 4) is 0 Å². The molecule has 2 heteroatoms. The van der Waals surface area contributed by atoms with E-state index in [9.17, 15) is 0 Å². The van der Waals surface area contributed by atoms with E-state index in [0.29, 0.717) is 6.04 Å². The van der Waals surface area contributed by atoms with E-state index in [1.54, 1.807) is 0 Å². The zero-order chi connectivity index (χ0) is 11.8. The zero-order valence-corrected chi connectivity index (χ0v) is 11.0. The minimum absolute atomic E-state index is 0.464. The number of aryl methyl sites for hydroxylation is 1. The van der Waals surface area contributed by atoms with Crippen molar-refractivity contribution in [2.75, 3.05) is 6.54 Å². The number of nitrogens with one attached hydrogen (secondary N) is 1. The fraction of sp³-hybridized carbons (Fsp3) is 0.714. The van der Waals surface area contributed by atoms with Crippen LogP contribution in [0.3, 0.4) is 0 Å². The summed E-state index contributed by atoms with van der Waals surface area (Å²) >= 11 is 0. The van der Waals surface area contributed by atoms with Gasteiger partial charge >= 0.3 is 0 Å². The molecule has 0 aromatic carbocycles. The summed E-state index contributed by atoms with van der Waals surface area (Å²) in [7, 11) is 0. The number of aromatic nitrogens is 1. The van der Waals surface area contributed by atoms with Crippen LogP contribution < -0.4 is 5.32 Å². The maximum absolute atomic E-state index is 3.47. The van der Waals surface area contributed by atoms with E-state index >= 15 is 0 Å². The first kappa shape index (κ1) is 13.3. The molecule has 92 valence electrons. The van der Waals surface area contributed by atoms with Crippen LogP contribution >= 0.6 is 0 Å². The van der Waals surface area contributed by atoms with E-state index in [2.05, 4.69) is 49.0 Å². The maximum Gasteiger partial charge on any atom is 0.0446 e. The average molecular weight is 222 g/mol. The van der Waals surface area contributed by atoms with Crippen molar-refractivity contribution in [3.63, 3.8) is 0 Å². The molecule has 0 saturated heterocycles. The van der Waals surface area contributed by atoms with Gasteiger partial charge in [0.25, 0.3) is 0 Å². The van der Waals surface area contributed by atoms with Crippen molar-refractivity contribution in [2.45, 2.75) is 59.0 Å². The van der Waals surface area contributed by atoms with Gasteiger partial charge in [-0.1, -0.05) is 33.1 Å². The molecule has 0 bridgehead atoms. The molecule has 16 heavy (non-hydrogen) atoms. The second-order valence-corrected chi connectivity index (χ2v) is 4.47. The van der Waals surface area contributed by atoms with Gasteiger partial charge in [-0.25, -0.2) is 0 Å². The topological polar surface area (TPSA) is 17.0 Å². The van der Waals surface area contributed by atoms with Gasteiger partial charge in [0.1, 0.15) is 0 Å². The summed E-state index contributed by atoms with van der Waals surface area (Å²) < 4.78 is 2.39. The highest BCUT2D eigenvalue weighted by atomic mass is 15.0. The molecule has 1 heterocycles. The quantitative estimate of drug-likeness (QED) is 0.663. The van der Waals surface area contributed by atoms with Crippen molar-refractivity contribution in [2.24, 2.45) is 0 Å². The van der Waals surface area contributed by atoms with Crippen molar-refractivity contribution >= 4 is 0 Å². The van der Waals surface area contributed by atoms with Crippen molar-refractivity contribution in [1.29, 1.82) is 0 Å².